The number of aromatic hydroxyl groups is 2. The van der Waals surface area contributed by atoms with Crippen molar-refractivity contribution in [3.8, 4) is 45.3 Å². The summed E-state index contributed by atoms with van der Waals surface area (Å²) in [7, 11) is 0. The lowest BCUT2D eigenvalue weighted by Gasteiger charge is -2.13. The summed E-state index contributed by atoms with van der Waals surface area (Å²) in [6, 6.07) is 26.2. The SMILES string of the molecule is CCCCOc1ccccc1-c1ccc(CC(=O)Cc2ccc(-c3ccccc3OCCCC)cc2O)c(O)c1. The lowest BCUT2D eigenvalue weighted by molar-refractivity contribution is -0.117. The second-order valence-corrected chi connectivity index (χ2v) is 9.98. The second kappa shape index (κ2) is 14.2. The largest absolute Gasteiger partial charge is 0.508 e. The van der Waals surface area contributed by atoms with Gasteiger partial charge in [-0.05, 0) is 48.2 Å². The van der Waals surface area contributed by atoms with Crippen LogP contribution < -0.4 is 9.47 Å². The fourth-order valence-electron chi connectivity index (χ4n) is 4.56. The summed E-state index contributed by atoms with van der Waals surface area (Å²) in [6.07, 6.45) is 4.18. The van der Waals surface area contributed by atoms with Crippen LogP contribution in [0.25, 0.3) is 22.3 Å². The predicted molar refractivity (Wildman–Crippen MR) is 160 cm³/mol. The smallest absolute Gasteiger partial charge is 0.141 e. The van der Waals surface area contributed by atoms with Gasteiger partial charge in [0.2, 0.25) is 0 Å². The monoisotopic (exact) mass is 538 g/mol. The van der Waals surface area contributed by atoms with Crippen molar-refractivity contribution in [1.82, 2.24) is 0 Å². The molecule has 208 valence electrons. The van der Waals surface area contributed by atoms with Gasteiger partial charge in [-0.3, -0.25) is 4.79 Å². The van der Waals surface area contributed by atoms with Gasteiger partial charge in [0.1, 0.15) is 28.8 Å². The van der Waals surface area contributed by atoms with Gasteiger partial charge in [-0.25, -0.2) is 0 Å². The molecule has 0 spiro atoms. The number of carbonyl (C=O) groups is 1. The summed E-state index contributed by atoms with van der Waals surface area (Å²) >= 11 is 0. The number of Topliss-reactive ketones (excluding diaryl/α,β-unsaturated/α-hetero) is 1. The molecule has 0 amide bonds. The highest BCUT2D eigenvalue weighted by atomic mass is 16.5. The number of hydrogen-bond acceptors (Lipinski definition) is 5. The first-order valence-electron chi connectivity index (χ1n) is 14.1. The molecular weight excluding hydrogens is 500 g/mol. The number of rotatable bonds is 14. The second-order valence-electron chi connectivity index (χ2n) is 9.98. The number of para-hydroxylation sites is 2. The van der Waals surface area contributed by atoms with Crippen LogP contribution in [0.5, 0.6) is 23.0 Å². The molecular formula is C35H38O5. The van der Waals surface area contributed by atoms with Gasteiger partial charge in [0, 0.05) is 35.1 Å². The van der Waals surface area contributed by atoms with E-state index < -0.39 is 0 Å². The minimum atomic E-state index is -0.0994. The lowest BCUT2D eigenvalue weighted by atomic mass is 9.96. The van der Waals surface area contributed by atoms with E-state index in [9.17, 15) is 15.0 Å². The molecule has 0 saturated carbocycles. The minimum Gasteiger partial charge on any atom is -0.508 e. The van der Waals surface area contributed by atoms with E-state index in [1.165, 1.54) is 0 Å². The third-order valence-electron chi connectivity index (χ3n) is 6.85. The molecule has 0 aromatic heterocycles. The van der Waals surface area contributed by atoms with Crippen LogP contribution in [0, 0.1) is 0 Å². The van der Waals surface area contributed by atoms with Gasteiger partial charge < -0.3 is 19.7 Å². The van der Waals surface area contributed by atoms with E-state index in [-0.39, 0.29) is 30.1 Å². The molecule has 0 atom stereocenters. The van der Waals surface area contributed by atoms with Gasteiger partial charge in [0.25, 0.3) is 0 Å². The minimum absolute atomic E-state index is 0.0634. The fraction of sp³-hybridized carbons (Fsp3) is 0.286. The van der Waals surface area contributed by atoms with Crippen molar-refractivity contribution >= 4 is 5.78 Å². The number of phenolic OH excluding ortho intramolecular Hbond substituents is 2. The summed E-state index contributed by atoms with van der Waals surface area (Å²) in [5.74, 6) is 1.57. The Morgan fingerprint density at radius 2 is 1.05 bits per heavy atom. The van der Waals surface area contributed by atoms with Crippen molar-refractivity contribution in [2.75, 3.05) is 13.2 Å². The Kier molecular flexibility index (Phi) is 10.2. The average Bonchev–Trinajstić information content (AvgIpc) is 2.96. The van der Waals surface area contributed by atoms with Crippen LogP contribution in [0.4, 0.5) is 0 Å². The number of carbonyl (C=O) groups excluding carboxylic acids is 1. The molecule has 4 aromatic rings. The van der Waals surface area contributed by atoms with Crippen molar-refractivity contribution < 1.29 is 24.5 Å². The topological polar surface area (TPSA) is 76.0 Å². The van der Waals surface area contributed by atoms with E-state index in [1.807, 2.05) is 60.7 Å². The van der Waals surface area contributed by atoms with Gasteiger partial charge in [0.05, 0.1) is 13.2 Å². The first-order valence-corrected chi connectivity index (χ1v) is 14.1. The standard InChI is InChI=1S/C35H38O5/c1-3-5-19-39-34-13-9-7-11-30(34)25-15-17-27(32(37)23-25)21-29(36)22-28-18-16-26(24-33(28)38)31-12-8-10-14-35(31)40-20-6-4-2/h7-18,23-24,37-38H,3-6,19-22H2,1-2H3. The molecule has 0 aliphatic rings. The van der Waals surface area contributed by atoms with Crippen LogP contribution in [0.1, 0.15) is 50.7 Å². The fourth-order valence-corrected chi connectivity index (χ4v) is 4.56. The van der Waals surface area contributed by atoms with Crippen molar-refractivity contribution in [3.63, 3.8) is 0 Å². The summed E-state index contributed by atoms with van der Waals surface area (Å²) in [6.45, 7) is 5.52. The van der Waals surface area contributed by atoms with E-state index in [4.69, 9.17) is 9.47 Å². The molecule has 0 aliphatic heterocycles. The molecule has 40 heavy (non-hydrogen) atoms. The summed E-state index contributed by atoms with van der Waals surface area (Å²) in [5, 5.41) is 21.5. The number of hydrogen-bond donors (Lipinski definition) is 2. The molecule has 5 heteroatoms. The zero-order chi connectivity index (χ0) is 28.3. The van der Waals surface area contributed by atoms with Crippen molar-refractivity contribution in [2.45, 2.75) is 52.4 Å². The highest BCUT2D eigenvalue weighted by molar-refractivity contribution is 5.85. The zero-order valence-corrected chi connectivity index (χ0v) is 23.4. The summed E-state index contributed by atoms with van der Waals surface area (Å²) in [4.78, 5) is 12.9. The lowest BCUT2D eigenvalue weighted by Crippen LogP contribution is -2.07. The number of ketones is 1. The third kappa shape index (κ3) is 7.44. The van der Waals surface area contributed by atoms with Crippen LogP contribution in [-0.4, -0.2) is 29.2 Å². The maximum atomic E-state index is 12.9. The highest BCUT2D eigenvalue weighted by Crippen LogP contribution is 2.35. The molecule has 0 heterocycles. The van der Waals surface area contributed by atoms with Gasteiger partial charge in [-0.1, -0.05) is 87.4 Å². The molecule has 0 fully saturated rings. The quantitative estimate of drug-likeness (QED) is 0.158. The molecule has 2 N–H and O–H groups in total. The molecule has 0 saturated heterocycles. The van der Waals surface area contributed by atoms with Crippen molar-refractivity contribution in [3.05, 3.63) is 96.1 Å². The van der Waals surface area contributed by atoms with Gasteiger partial charge in [-0.15, -0.1) is 0 Å². The molecule has 5 nitrogen and oxygen atoms in total. The van der Waals surface area contributed by atoms with Gasteiger partial charge in [-0.2, -0.15) is 0 Å². The third-order valence-corrected chi connectivity index (χ3v) is 6.85. The van der Waals surface area contributed by atoms with Gasteiger partial charge >= 0.3 is 0 Å². The maximum Gasteiger partial charge on any atom is 0.141 e. The molecule has 0 bridgehead atoms. The van der Waals surface area contributed by atoms with Gasteiger partial charge in [0.15, 0.2) is 0 Å². The van der Waals surface area contributed by atoms with E-state index >= 15 is 0 Å². The first-order chi connectivity index (χ1) is 19.5. The number of ether oxygens (including phenoxy) is 2. The van der Waals surface area contributed by atoms with Crippen molar-refractivity contribution in [2.24, 2.45) is 0 Å². The predicted octanol–water partition coefficient (Wildman–Crippen LogP) is 8.14. The van der Waals surface area contributed by atoms with Crippen molar-refractivity contribution in [1.29, 1.82) is 0 Å². The van der Waals surface area contributed by atoms with E-state index in [0.29, 0.717) is 24.3 Å². The summed E-state index contributed by atoms with van der Waals surface area (Å²) < 4.78 is 11.9. The van der Waals surface area contributed by atoms with E-state index in [0.717, 1.165) is 59.4 Å². The van der Waals surface area contributed by atoms with Crippen LogP contribution in [0.15, 0.2) is 84.9 Å². The van der Waals surface area contributed by atoms with Crippen LogP contribution in [0.2, 0.25) is 0 Å². The Balaban J connectivity index is 1.44. The molecule has 0 radical (unpaired) electrons. The molecule has 4 aromatic carbocycles. The highest BCUT2D eigenvalue weighted by Gasteiger charge is 2.15. The Bertz CT molecular complexity index is 1320. The number of phenols is 2. The zero-order valence-electron chi connectivity index (χ0n) is 23.4. The number of unbranched alkanes of at least 4 members (excludes halogenated alkanes) is 2. The number of benzene rings is 4. The molecule has 0 aliphatic carbocycles. The van der Waals surface area contributed by atoms with E-state index in [2.05, 4.69) is 13.8 Å². The Morgan fingerprint density at radius 3 is 1.45 bits per heavy atom. The van der Waals surface area contributed by atoms with E-state index in [1.54, 1.807) is 24.3 Å². The normalized spacial score (nSPS) is 10.8. The first kappa shape index (κ1) is 28.8. The Hall–Kier alpha value is -4.25. The summed E-state index contributed by atoms with van der Waals surface area (Å²) in [5.41, 5.74) is 4.55. The molecule has 0 unspecified atom stereocenters. The average molecular weight is 539 g/mol. The van der Waals surface area contributed by atoms with Crippen LogP contribution in [-0.2, 0) is 17.6 Å². The Labute approximate surface area is 237 Å². The van der Waals surface area contributed by atoms with Crippen LogP contribution >= 0.6 is 0 Å². The van der Waals surface area contributed by atoms with Crippen LogP contribution in [0.3, 0.4) is 0 Å². The molecule has 4 rings (SSSR count). The maximum absolute atomic E-state index is 12.9. The Morgan fingerprint density at radius 1 is 0.625 bits per heavy atom.